The molecule has 1 fully saturated rings. The zero-order valence-electron chi connectivity index (χ0n) is 11.7. The van der Waals surface area contributed by atoms with Crippen LogP contribution >= 0.6 is 0 Å². The average molecular weight is 261 g/mol. The lowest BCUT2D eigenvalue weighted by atomic mass is 10.0. The van der Waals surface area contributed by atoms with Crippen LogP contribution in [0.15, 0.2) is 17.2 Å². The molecule has 2 aromatic heterocycles. The minimum absolute atomic E-state index is 0.265. The number of hydrogen-bond acceptors (Lipinski definition) is 4. The van der Waals surface area contributed by atoms with Gasteiger partial charge in [0.2, 0.25) is 0 Å². The smallest absolute Gasteiger partial charge is 0.348 e. The first-order valence-electron chi connectivity index (χ1n) is 6.51. The number of aromatic amines is 1. The van der Waals surface area contributed by atoms with Crippen LogP contribution in [0.4, 0.5) is 5.82 Å². The highest BCUT2D eigenvalue weighted by molar-refractivity contribution is 5.48. The van der Waals surface area contributed by atoms with E-state index in [9.17, 15) is 4.79 Å². The summed E-state index contributed by atoms with van der Waals surface area (Å²) in [4.78, 5) is 15.5. The third-order valence-electron chi connectivity index (χ3n) is 5.12. The molecular formula is C13H19N5O. The number of anilines is 1. The summed E-state index contributed by atoms with van der Waals surface area (Å²) in [5.41, 5.74) is 1.02. The topological polar surface area (TPSA) is 75.1 Å². The molecule has 0 amide bonds. The molecule has 0 atom stereocenters. The maximum Gasteiger partial charge on any atom is 0.348 e. The molecule has 0 saturated heterocycles. The van der Waals surface area contributed by atoms with Gasteiger partial charge in [-0.25, -0.2) is 19.3 Å². The predicted molar refractivity (Wildman–Crippen MR) is 73.1 cm³/mol. The van der Waals surface area contributed by atoms with Gasteiger partial charge in [0, 0.05) is 12.6 Å². The van der Waals surface area contributed by atoms with E-state index in [-0.39, 0.29) is 5.69 Å². The largest absolute Gasteiger partial charge is 0.370 e. The van der Waals surface area contributed by atoms with E-state index in [1.54, 1.807) is 6.07 Å². The van der Waals surface area contributed by atoms with E-state index >= 15 is 0 Å². The van der Waals surface area contributed by atoms with E-state index in [1.165, 1.54) is 10.7 Å². The highest BCUT2D eigenvalue weighted by Crippen LogP contribution is 2.68. The zero-order chi connectivity index (χ0) is 13.8. The molecule has 2 aromatic rings. The van der Waals surface area contributed by atoms with Crippen LogP contribution in [-0.4, -0.2) is 26.1 Å². The molecule has 1 saturated carbocycles. The molecule has 1 aliphatic rings. The molecule has 0 unspecified atom stereocenters. The number of aromatic nitrogens is 4. The minimum Gasteiger partial charge on any atom is -0.370 e. The second-order valence-corrected chi connectivity index (χ2v) is 6.41. The Balaban J connectivity index is 1.75. The van der Waals surface area contributed by atoms with Crippen molar-refractivity contribution in [1.82, 2.24) is 19.6 Å². The molecule has 2 heterocycles. The van der Waals surface area contributed by atoms with Crippen LogP contribution in [0.3, 0.4) is 0 Å². The molecule has 6 heteroatoms. The third-order valence-corrected chi connectivity index (χ3v) is 5.12. The van der Waals surface area contributed by atoms with Gasteiger partial charge in [-0.15, -0.1) is 0 Å². The fourth-order valence-electron chi connectivity index (χ4n) is 2.96. The van der Waals surface area contributed by atoms with Crippen molar-refractivity contribution in [2.45, 2.75) is 27.7 Å². The Kier molecular flexibility index (Phi) is 2.30. The van der Waals surface area contributed by atoms with Gasteiger partial charge in [-0.2, -0.15) is 5.10 Å². The molecule has 3 rings (SSSR count). The summed E-state index contributed by atoms with van der Waals surface area (Å²) in [7, 11) is 0. The Morgan fingerprint density at radius 3 is 2.68 bits per heavy atom. The van der Waals surface area contributed by atoms with Crippen molar-refractivity contribution in [3.8, 4) is 0 Å². The Morgan fingerprint density at radius 1 is 1.37 bits per heavy atom. The summed E-state index contributed by atoms with van der Waals surface area (Å²) in [5.74, 6) is 1.38. The van der Waals surface area contributed by atoms with Crippen molar-refractivity contribution in [2.75, 3.05) is 11.9 Å². The van der Waals surface area contributed by atoms with Gasteiger partial charge in [-0.1, -0.05) is 27.7 Å². The first-order valence-corrected chi connectivity index (χ1v) is 6.51. The van der Waals surface area contributed by atoms with Crippen molar-refractivity contribution in [3.05, 3.63) is 22.9 Å². The van der Waals surface area contributed by atoms with Crippen molar-refractivity contribution in [1.29, 1.82) is 0 Å². The molecule has 0 spiro atoms. The van der Waals surface area contributed by atoms with Gasteiger partial charge in [-0.05, 0) is 16.7 Å². The van der Waals surface area contributed by atoms with Gasteiger partial charge in [0.1, 0.15) is 12.1 Å². The number of nitrogens with zero attached hydrogens (tertiary/aromatic N) is 3. The van der Waals surface area contributed by atoms with E-state index in [0.29, 0.717) is 22.4 Å². The van der Waals surface area contributed by atoms with Crippen LogP contribution in [0.25, 0.3) is 5.65 Å². The van der Waals surface area contributed by atoms with Crippen molar-refractivity contribution >= 4 is 11.5 Å². The van der Waals surface area contributed by atoms with E-state index in [2.05, 4.69) is 48.2 Å². The number of nitrogens with one attached hydrogen (secondary N) is 2. The van der Waals surface area contributed by atoms with Crippen LogP contribution in [0.5, 0.6) is 0 Å². The third kappa shape index (κ3) is 1.66. The van der Waals surface area contributed by atoms with Crippen LogP contribution in [-0.2, 0) is 0 Å². The Labute approximate surface area is 111 Å². The molecule has 0 radical (unpaired) electrons. The van der Waals surface area contributed by atoms with Gasteiger partial charge in [0.25, 0.3) is 0 Å². The van der Waals surface area contributed by atoms with Gasteiger partial charge in [0.05, 0.1) is 0 Å². The maximum absolute atomic E-state index is 11.3. The van der Waals surface area contributed by atoms with Crippen LogP contribution < -0.4 is 11.0 Å². The van der Waals surface area contributed by atoms with E-state index in [0.717, 1.165) is 12.4 Å². The second-order valence-electron chi connectivity index (χ2n) is 6.41. The van der Waals surface area contributed by atoms with Gasteiger partial charge >= 0.3 is 5.69 Å². The molecule has 19 heavy (non-hydrogen) atoms. The molecule has 6 nitrogen and oxygen atoms in total. The van der Waals surface area contributed by atoms with Gasteiger partial charge < -0.3 is 5.32 Å². The predicted octanol–water partition coefficient (Wildman–Crippen LogP) is 1.51. The molecule has 2 N–H and O–H groups in total. The highest BCUT2D eigenvalue weighted by Gasteiger charge is 2.64. The van der Waals surface area contributed by atoms with Crippen LogP contribution in [0.1, 0.15) is 27.7 Å². The molecule has 0 aromatic carbocycles. The molecule has 1 aliphatic carbocycles. The van der Waals surface area contributed by atoms with E-state index < -0.39 is 0 Å². The minimum atomic E-state index is -0.265. The first-order chi connectivity index (χ1) is 8.84. The first kappa shape index (κ1) is 12.2. The quantitative estimate of drug-likeness (QED) is 0.878. The molecular weight excluding hydrogens is 242 g/mol. The standard InChI is InChI=1S/C13H19N5O/c1-12(2)8(13(12,3)4)6-14-9-5-10-16-17-11(19)18(10)7-15-9/h5,7-8,14H,6H2,1-4H3,(H,17,19). The fraction of sp³-hybridized carbons (Fsp3) is 0.615. The number of H-pyrrole nitrogens is 1. The maximum atomic E-state index is 11.3. The lowest BCUT2D eigenvalue weighted by Crippen LogP contribution is -2.12. The van der Waals surface area contributed by atoms with Crippen LogP contribution in [0, 0.1) is 16.7 Å². The average Bonchev–Trinajstić information content (AvgIpc) is 2.61. The van der Waals surface area contributed by atoms with Crippen molar-refractivity contribution in [3.63, 3.8) is 0 Å². The lowest BCUT2D eigenvalue weighted by Gasteiger charge is -2.06. The molecule has 0 bridgehead atoms. The Hall–Kier alpha value is -1.85. The normalized spacial score (nSPS) is 20.6. The summed E-state index contributed by atoms with van der Waals surface area (Å²) in [6.07, 6.45) is 1.49. The van der Waals surface area contributed by atoms with Gasteiger partial charge in [0.15, 0.2) is 5.65 Å². The Morgan fingerprint density at radius 2 is 2.05 bits per heavy atom. The van der Waals surface area contributed by atoms with Crippen LogP contribution in [0.2, 0.25) is 0 Å². The highest BCUT2D eigenvalue weighted by atomic mass is 16.1. The summed E-state index contributed by atoms with van der Waals surface area (Å²) in [6, 6.07) is 1.78. The number of hydrogen-bond donors (Lipinski definition) is 2. The molecule has 102 valence electrons. The summed E-state index contributed by atoms with van der Waals surface area (Å²) < 4.78 is 1.39. The van der Waals surface area contributed by atoms with Gasteiger partial charge in [-0.3, -0.25) is 0 Å². The summed E-state index contributed by atoms with van der Waals surface area (Å²) in [6.45, 7) is 10.1. The van der Waals surface area contributed by atoms with Crippen molar-refractivity contribution in [2.24, 2.45) is 16.7 Å². The summed E-state index contributed by atoms with van der Waals surface area (Å²) >= 11 is 0. The fourth-order valence-corrected chi connectivity index (χ4v) is 2.96. The number of fused-ring (bicyclic) bond motifs is 1. The van der Waals surface area contributed by atoms with E-state index in [1.807, 2.05) is 0 Å². The molecule has 0 aliphatic heterocycles. The monoisotopic (exact) mass is 261 g/mol. The number of rotatable bonds is 3. The van der Waals surface area contributed by atoms with Crippen molar-refractivity contribution < 1.29 is 0 Å². The summed E-state index contributed by atoms with van der Waals surface area (Å²) in [5, 5.41) is 9.66. The lowest BCUT2D eigenvalue weighted by molar-refractivity contribution is 0.457. The Bertz CT molecular complexity index is 668. The zero-order valence-corrected chi connectivity index (χ0v) is 11.7. The second kappa shape index (κ2) is 3.59. The SMILES string of the molecule is CC1(C)C(CNc2cc3n[nH]c(=O)n3cn2)C1(C)C. The van der Waals surface area contributed by atoms with E-state index in [4.69, 9.17) is 0 Å².